The number of nitrogens with zero attached hydrogens (tertiary/aromatic N) is 5. The van der Waals surface area contributed by atoms with E-state index in [4.69, 9.17) is 11.6 Å². The maximum absolute atomic E-state index is 12.3. The van der Waals surface area contributed by atoms with Crippen LogP contribution in [0.15, 0.2) is 48.5 Å². The molecular formula is C19H15ClN6OS. The molecule has 0 aliphatic heterocycles. The van der Waals surface area contributed by atoms with Gasteiger partial charge in [-0.2, -0.15) is 9.36 Å². The van der Waals surface area contributed by atoms with Crippen molar-refractivity contribution in [3.05, 3.63) is 70.4 Å². The highest BCUT2D eigenvalue weighted by molar-refractivity contribution is 7.10. The Morgan fingerprint density at radius 1 is 1.14 bits per heavy atom. The van der Waals surface area contributed by atoms with Gasteiger partial charge in [-0.3, -0.25) is 10.1 Å². The quantitative estimate of drug-likeness (QED) is 0.541. The first-order chi connectivity index (χ1) is 13.5. The summed E-state index contributed by atoms with van der Waals surface area (Å²) in [6.07, 6.45) is 0. The standard InChI is InChI=1S/C19H15ClN6OS/c1-11-8-9-14(20)10-15(11)26-12(2)16(23-25-26)17-21-19(28-24-17)22-18(27)13-6-4-3-5-7-13/h3-10H,1-2H3,(H,21,22,24,27). The largest absolute Gasteiger partial charge is 0.297 e. The molecule has 0 radical (unpaired) electrons. The van der Waals surface area contributed by atoms with Crippen LogP contribution in [0.5, 0.6) is 0 Å². The normalized spacial score (nSPS) is 10.8. The second-order valence-corrected chi connectivity index (χ2v) is 7.30. The van der Waals surface area contributed by atoms with Gasteiger partial charge < -0.3 is 0 Å². The van der Waals surface area contributed by atoms with Crippen molar-refractivity contribution in [2.75, 3.05) is 5.32 Å². The van der Waals surface area contributed by atoms with E-state index >= 15 is 0 Å². The van der Waals surface area contributed by atoms with Crippen molar-refractivity contribution in [3.8, 4) is 17.2 Å². The van der Waals surface area contributed by atoms with E-state index in [2.05, 4.69) is 25.0 Å². The zero-order valence-electron chi connectivity index (χ0n) is 15.0. The van der Waals surface area contributed by atoms with Crippen molar-refractivity contribution in [2.24, 2.45) is 0 Å². The smallest absolute Gasteiger partial charge is 0.257 e. The zero-order valence-corrected chi connectivity index (χ0v) is 16.6. The molecule has 7 nitrogen and oxygen atoms in total. The van der Waals surface area contributed by atoms with E-state index < -0.39 is 0 Å². The highest BCUT2D eigenvalue weighted by atomic mass is 35.5. The monoisotopic (exact) mass is 410 g/mol. The molecule has 140 valence electrons. The summed E-state index contributed by atoms with van der Waals surface area (Å²) in [4.78, 5) is 16.7. The summed E-state index contributed by atoms with van der Waals surface area (Å²) in [5.41, 5.74) is 3.75. The molecule has 2 aromatic carbocycles. The minimum Gasteiger partial charge on any atom is -0.297 e. The van der Waals surface area contributed by atoms with Gasteiger partial charge in [0.05, 0.1) is 11.4 Å². The molecule has 2 heterocycles. The van der Waals surface area contributed by atoms with Crippen molar-refractivity contribution in [1.29, 1.82) is 0 Å². The third-order valence-electron chi connectivity index (χ3n) is 4.19. The number of rotatable bonds is 4. The van der Waals surface area contributed by atoms with E-state index in [1.807, 2.05) is 38.1 Å². The summed E-state index contributed by atoms with van der Waals surface area (Å²) in [5.74, 6) is 0.176. The second-order valence-electron chi connectivity index (χ2n) is 6.11. The number of amides is 1. The number of aromatic nitrogens is 5. The van der Waals surface area contributed by atoms with Gasteiger partial charge in [-0.05, 0) is 43.7 Å². The predicted octanol–water partition coefficient (Wildman–Crippen LogP) is 4.31. The SMILES string of the molecule is Cc1ccc(Cl)cc1-n1nnc(-c2nsc(NC(=O)c3ccccc3)n2)c1C. The molecule has 0 aliphatic rings. The van der Waals surface area contributed by atoms with Crippen LogP contribution in [0, 0.1) is 13.8 Å². The second kappa shape index (κ2) is 7.49. The van der Waals surface area contributed by atoms with E-state index in [0.29, 0.717) is 27.2 Å². The Morgan fingerprint density at radius 2 is 1.93 bits per heavy atom. The Morgan fingerprint density at radius 3 is 2.71 bits per heavy atom. The molecule has 0 fully saturated rings. The summed E-state index contributed by atoms with van der Waals surface area (Å²) >= 11 is 7.22. The molecule has 0 spiro atoms. The Bertz CT molecular complexity index is 1150. The molecule has 28 heavy (non-hydrogen) atoms. The third-order valence-corrected chi connectivity index (χ3v) is 5.05. The van der Waals surface area contributed by atoms with Crippen molar-refractivity contribution in [3.63, 3.8) is 0 Å². The van der Waals surface area contributed by atoms with E-state index in [9.17, 15) is 4.79 Å². The van der Waals surface area contributed by atoms with Gasteiger partial charge in [0.1, 0.15) is 0 Å². The van der Waals surface area contributed by atoms with Crippen molar-refractivity contribution in [2.45, 2.75) is 13.8 Å². The summed E-state index contributed by atoms with van der Waals surface area (Å²) in [6.45, 7) is 3.86. The molecule has 0 atom stereocenters. The lowest BCUT2D eigenvalue weighted by Crippen LogP contribution is -2.11. The number of hydrogen-bond acceptors (Lipinski definition) is 6. The van der Waals surface area contributed by atoms with Crippen LogP contribution in [0.2, 0.25) is 5.02 Å². The molecule has 2 aromatic heterocycles. The van der Waals surface area contributed by atoms with E-state index in [0.717, 1.165) is 28.5 Å². The average molecular weight is 411 g/mol. The number of halogens is 1. The van der Waals surface area contributed by atoms with Gasteiger partial charge in [0.2, 0.25) is 5.13 Å². The highest BCUT2D eigenvalue weighted by Crippen LogP contribution is 2.26. The summed E-state index contributed by atoms with van der Waals surface area (Å²) in [6, 6.07) is 14.5. The number of carbonyl (C=O) groups excluding carboxylic acids is 1. The van der Waals surface area contributed by atoms with Gasteiger partial charge >= 0.3 is 0 Å². The van der Waals surface area contributed by atoms with Gasteiger partial charge in [0.15, 0.2) is 11.5 Å². The zero-order chi connectivity index (χ0) is 19.7. The average Bonchev–Trinajstić information content (AvgIpc) is 3.31. The minimum atomic E-state index is -0.238. The molecule has 0 saturated heterocycles. The number of benzene rings is 2. The van der Waals surface area contributed by atoms with Crippen LogP contribution >= 0.6 is 23.1 Å². The Balaban J connectivity index is 1.60. The molecule has 0 aliphatic carbocycles. The molecule has 1 N–H and O–H groups in total. The van der Waals surface area contributed by atoms with Crippen LogP contribution in [0.25, 0.3) is 17.2 Å². The Kier molecular flexibility index (Phi) is 4.89. The minimum absolute atomic E-state index is 0.238. The van der Waals surface area contributed by atoms with Gasteiger partial charge in [-0.1, -0.05) is 41.1 Å². The van der Waals surface area contributed by atoms with Gasteiger partial charge in [-0.15, -0.1) is 5.10 Å². The Labute approximate surface area is 170 Å². The van der Waals surface area contributed by atoms with Crippen molar-refractivity contribution in [1.82, 2.24) is 24.4 Å². The van der Waals surface area contributed by atoms with Crippen LogP contribution in [-0.2, 0) is 0 Å². The number of anilines is 1. The molecule has 0 saturated carbocycles. The maximum Gasteiger partial charge on any atom is 0.257 e. The summed E-state index contributed by atoms with van der Waals surface area (Å²) in [5, 5.41) is 12.2. The lowest BCUT2D eigenvalue weighted by molar-refractivity contribution is 0.102. The topological polar surface area (TPSA) is 85.6 Å². The van der Waals surface area contributed by atoms with Crippen LogP contribution in [0.4, 0.5) is 5.13 Å². The lowest BCUT2D eigenvalue weighted by atomic mass is 10.2. The first-order valence-electron chi connectivity index (χ1n) is 8.42. The van der Waals surface area contributed by atoms with Crippen LogP contribution < -0.4 is 5.32 Å². The number of aryl methyl sites for hydroxylation is 1. The molecule has 4 aromatic rings. The maximum atomic E-state index is 12.3. The molecule has 4 rings (SSSR count). The Hall–Kier alpha value is -3.10. The van der Waals surface area contributed by atoms with E-state index in [1.165, 1.54) is 0 Å². The predicted molar refractivity (Wildman–Crippen MR) is 109 cm³/mol. The number of hydrogen-bond donors (Lipinski definition) is 1. The number of nitrogens with one attached hydrogen (secondary N) is 1. The van der Waals surface area contributed by atoms with Crippen LogP contribution in [-0.4, -0.2) is 30.3 Å². The lowest BCUT2D eigenvalue weighted by Gasteiger charge is -2.07. The van der Waals surface area contributed by atoms with Gasteiger partial charge in [0.25, 0.3) is 5.91 Å². The molecule has 9 heteroatoms. The fourth-order valence-electron chi connectivity index (χ4n) is 2.70. The molecule has 1 amide bonds. The fraction of sp³-hybridized carbons (Fsp3) is 0.105. The highest BCUT2D eigenvalue weighted by Gasteiger charge is 2.18. The summed E-state index contributed by atoms with van der Waals surface area (Å²) in [7, 11) is 0. The van der Waals surface area contributed by atoms with Gasteiger partial charge in [-0.25, -0.2) is 4.68 Å². The third kappa shape index (κ3) is 3.51. The van der Waals surface area contributed by atoms with Crippen molar-refractivity contribution < 1.29 is 4.79 Å². The van der Waals surface area contributed by atoms with Gasteiger partial charge in [0, 0.05) is 22.1 Å². The van der Waals surface area contributed by atoms with E-state index in [-0.39, 0.29) is 5.91 Å². The summed E-state index contributed by atoms with van der Waals surface area (Å²) < 4.78 is 6.02. The van der Waals surface area contributed by atoms with E-state index in [1.54, 1.807) is 28.9 Å². The van der Waals surface area contributed by atoms with Crippen LogP contribution in [0.3, 0.4) is 0 Å². The first-order valence-corrected chi connectivity index (χ1v) is 9.57. The molecular weight excluding hydrogens is 396 g/mol. The fourth-order valence-corrected chi connectivity index (χ4v) is 3.44. The number of carbonyl (C=O) groups is 1. The van der Waals surface area contributed by atoms with Crippen LogP contribution in [0.1, 0.15) is 21.6 Å². The van der Waals surface area contributed by atoms with Crippen molar-refractivity contribution >= 4 is 34.2 Å². The molecule has 0 bridgehead atoms. The first kappa shape index (κ1) is 18.3. The molecule has 0 unspecified atom stereocenters.